The van der Waals surface area contributed by atoms with Crippen LogP contribution in [0.1, 0.15) is 81.8 Å². The molecule has 1 fully saturated rings. The van der Waals surface area contributed by atoms with E-state index >= 15 is 0 Å². The number of aliphatic hydroxyl groups excluding tert-OH is 2. The Morgan fingerprint density at radius 2 is 1.43 bits per heavy atom. The molecule has 2 aromatic rings. The average Bonchev–Trinajstić information content (AvgIpc) is 3.14. The van der Waals surface area contributed by atoms with Crippen molar-refractivity contribution < 1.29 is 24.6 Å². The van der Waals surface area contributed by atoms with E-state index in [1.165, 1.54) is 5.56 Å². The Labute approximate surface area is 305 Å². The zero-order valence-corrected chi connectivity index (χ0v) is 30.5. The molecule has 0 aliphatic heterocycles. The van der Waals surface area contributed by atoms with Gasteiger partial charge in [-0.3, -0.25) is 14.4 Å². The molecule has 0 aromatic heterocycles. The fourth-order valence-corrected chi connectivity index (χ4v) is 6.75. The van der Waals surface area contributed by atoms with Crippen molar-refractivity contribution in [3.63, 3.8) is 0 Å². The highest BCUT2D eigenvalue weighted by Crippen LogP contribution is 2.29. The van der Waals surface area contributed by atoms with E-state index in [1.54, 1.807) is 11.9 Å². The van der Waals surface area contributed by atoms with E-state index in [-0.39, 0.29) is 31.6 Å². The van der Waals surface area contributed by atoms with Gasteiger partial charge >= 0.3 is 0 Å². The minimum absolute atomic E-state index is 0.0342. The summed E-state index contributed by atoms with van der Waals surface area (Å²) >= 11 is 0. The molecule has 51 heavy (non-hydrogen) atoms. The molecule has 1 aliphatic carbocycles. The summed E-state index contributed by atoms with van der Waals surface area (Å²) in [5, 5.41) is 27.8. The van der Waals surface area contributed by atoms with Crippen LogP contribution in [0.5, 0.6) is 0 Å². The third-order valence-electron chi connectivity index (χ3n) is 9.90. The second-order valence-electron chi connectivity index (χ2n) is 14.1. The van der Waals surface area contributed by atoms with E-state index < -0.39 is 42.0 Å². The van der Waals surface area contributed by atoms with Crippen LogP contribution in [0, 0.1) is 36.5 Å². The largest absolute Gasteiger partial charge is 0.390 e. The van der Waals surface area contributed by atoms with Gasteiger partial charge in [0.2, 0.25) is 17.7 Å². The van der Waals surface area contributed by atoms with Crippen molar-refractivity contribution in [3.05, 3.63) is 71.8 Å². The summed E-state index contributed by atoms with van der Waals surface area (Å²) < 4.78 is 0. The van der Waals surface area contributed by atoms with Crippen LogP contribution in [0.3, 0.4) is 0 Å². The van der Waals surface area contributed by atoms with Gasteiger partial charge in [0.1, 0.15) is 12.1 Å². The molecule has 5 atom stereocenters. The summed E-state index contributed by atoms with van der Waals surface area (Å²) in [5.41, 5.74) is 2.09. The van der Waals surface area contributed by atoms with Crippen molar-refractivity contribution in [3.8, 4) is 24.7 Å². The third-order valence-corrected chi connectivity index (χ3v) is 9.90. The Morgan fingerprint density at radius 3 is 2.06 bits per heavy atom. The quantitative estimate of drug-likeness (QED) is 0.144. The Morgan fingerprint density at radius 1 is 0.824 bits per heavy atom. The summed E-state index contributed by atoms with van der Waals surface area (Å²) in [7, 11) is 3.75. The molecule has 3 unspecified atom stereocenters. The summed E-state index contributed by atoms with van der Waals surface area (Å²) in [6, 6.07) is 17.9. The van der Waals surface area contributed by atoms with Gasteiger partial charge in [0.05, 0.1) is 18.1 Å². The Bertz CT molecular complexity index is 1420. The molecule has 1 aliphatic rings. The van der Waals surface area contributed by atoms with Gasteiger partial charge in [-0.25, -0.2) is 0 Å². The fraction of sp³-hybridized carbons (Fsp3) is 0.548. The van der Waals surface area contributed by atoms with Crippen molar-refractivity contribution in [2.75, 3.05) is 27.2 Å². The van der Waals surface area contributed by atoms with E-state index in [9.17, 15) is 24.6 Å². The molecule has 3 amide bonds. The SMILES string of the molecule is C#CCCC(O)[C@H](O)C(CC1CCCCC1)NC(=O)[C@H](CCC#C)NC(=O)C(CC(=O)N(C)CCN(C)Cc1ccccc1)Cc1ccccc1. The van der Waals surface area contributed by atoms with Crippen molar-refractivity contribution in [2.45, 2.75) is 108 Å². The lowest BCUT2D eigenvalue weighted by molar-refractivity contribution is -0.137. The predicted octanol–water partition coefficient (Wildman–Crippen LogP) is 4.31. The van der Waals surface area contributed by atoms with Crippen molar-refractivity contribution in [1.82, 2.24) is 20.4 Å². The van der Waals surface area contributed by atoms with Gasteiger partial charge in [0.25, 0.3) is 0 Å². The number of amides is 3. The lowest BCUT2D eigenvalue weighted by Gasteiger charge is -2.33. The van der Waals surface area contributed by atoms with Gasteiger partial charge in [-0.2, -0.15) is 0 Å². The molecule has 0 radical (unpaired) electrons. The highest BCUT2D eigenvalue weighted by Gasteiger charge is 2.34. The van der Waals surface area contributed by atoms with Gasteiger partial charge < -0.3 is 30.6 Å². The minimum atomic E-state index is -1.22. The first-order valence-corrected chi connectivity index (χ1v) is 18.4. The van der Waals surface area contributed by atoms with Gasteiger partial charge in [-0.05, 0) is 49.8 Å². The first-order valence-electron chi connectivity index (χ1n) is 18.4. The maximum absolute atomic E-state index is 14.0. The molecule has 0 bridgehead atoms. The van der Waals surface area contributed by atoms with Crippen LogP contribution < -0.4 is 10.6 Å². The number of carbonyl (C=O) groups excluding carboxylic acids is 3. The molecule has 3 rings (SSSR count). The van der Waals surface area contributed by atoms with Crippen molar-refractivity contribution >= 4 is 17.7 Å². The molecular formula is C42H58N4O5. The second-order valence-corrected chi connectivity index (χ2v) is 14.1. The average molecular weight is 699 g/mol. The second kappa shape index (κ2) is 22.6. The number of nitrogens with one attached hydrogen (secondary N) is 2. The number of nitrogens with zero attached hydrogens (tertiary/aromatic N) is 2. The number of terminal acetylenes is 2. The Kier molecular flexibility index (Phi) is 18.3. The number of aliphatic hydroxyl groups is 2. The third kappa shape index (κ3) is 14.9. The lowest BCUT2D eigenvalue weighted by atomic mass is 9.82. The molecule has 276 valence electrons. The van der Waals surface area contributed by atoms with Gasteiger partial charge in [-0.15, -0.1) is 24.7 Å². The smallest absolute Gasteiger partial charge is 0.242 e. The number of rotatable bonds is 21. The number of hydrogen-bond acceptors (Lipinski definition) is 6. The van der Waals surface area contributed by atoms with E-state index in [0.717, 1.165) is 44.2 Å². The molecule has 0 heterocycles. The van der Waals surface area contributed by atoms with Crippen LogP contribution >= 0.6 is 0 Å². The zero-order valence-electron chi connectivity index (χ0n) is 30.5. The van der Waals surface area contributed by atoms with E-state index in [0.29, 0.717) is 38.3 Å². The van der Waals surface area contributed by atoms with Crippen molar-refractivity contribution in [2.24, 2.45) is 11.8 Å². The van der Waals surface area contributed by atoms with Crippen LogP contribution in [0.4, 0.5) is 0 Å². The Balaban J connectivity index is 1.72. The molecular weight excluding hydrogens is 640 g/mol. The summed E-state index contributed by atoms with van der Waals surface area (Å²) in [6.45, 7) is 1.91. The fourth-order valence-electron chi connectivity index (χ4n) is 6.75. The maximum atomic E-state index is 14.0. The maximum Gasteiger partial charge on any atom is 0.242 e. The monoisotopic (exact) mass is 698 g/mol. The standard InChI is InChI=1S/C42H58N4O5/c1-5-7-24-36(42(51)44-37(29-33-20-14-10-15-21-33)40(49)38(47)25-8-6-2)43-41(50)35(28-32-18-12-9-13-19-32)30-39(48)46(4)27-26-45(3)31-34-22-16-11-17-23-34/h1-2,9,11-13,16-19,22-23,33,35-38,40,47,49H,7-8,10,14-15,20-21,24-31H2,3-4H3,(H,43,50)(H,44,51)/t35?,36-,37?,38?,40+/m0/s1. The topological polar surface area (TPSA) is 122 Å². The lowest BCUT2D eigenvalue weighted by Crippen LogP contribution is -2.56. The van der Waals surface area contributed by atoms with Gasteiger partial charge in [-0.1, -0.05) is 92.8 Å². The zero-order chi connectivity index (χ0) is 37.0. The summed E-state index contributed by atoms with van der Waals surface area (Å²) in [6.07, 6.45) is 15.7. The van der Waals surface area contributed by atoms with E-state index in [4.69, 9.17) is 12.8 Å². The van der Waals surface area contributed by atoms with E-state index in [2.05, 4.69) is 39.5 Å². The molecule has 1 saturated carbocycles. The normalized spacial score (nSPS) is 16.1. The van der Waals surface area contributed by atoms with Crippen LogP contribution in [-0.2, 0) is 27.3 Å². The van der Waals surface area contributed by atoms with Crippen LogP contribution in [0.2, 0.25) is 0 Å². The van der Waals surface area contributed by atoms with Crippen LogP contribution in [0.15, 0.2) is 60.7 Å². The van der Waals surface area contributed by atoms with Crippen LogP contribution in [-0.4, -0.2) is 89.2 Å². The minimum Gasteiger partial charge on any atom is -0.390 e. The summed E-state index contributed by atoms with van der Waals surface area (Å²) in [4.78, 5) is 45.2. The van der Waals surface area contributed by atoms with Gasteiger partial charge in [0.15, 0.2) is 0 Å². The number of likely N-dealkylation sites (N-methyl/N-ethyl adjacent to an activating group) is 2. The molecule has 9 nitrogen and oxygen atoms in total. The molecule has 9 heteroatoms. The Hall–Kier alpha value is -4.15. The molecule has 0 spiro atoms. The summed E-state index contributed by atoms with van der Waals surface area (Å²) in [5.74, 6) is 3.55. The first kappa shape index (κ1) is 41.3. The highest BCUT2D eigenvalue weighted by molar-refractivity contribution is 5.91. The molecule has 4 N–H and O–H groups in total. The van der Waals surface area contributed by atoms with E-state index in [1.807, 2.05) is 55.6 Å². The van der Waals surface area contributed by atoms with Crippen molar-refractivity contribution in [1.29, 1.82) is 0 Å². The molecule has 2 aromatic carbocycles. The van der Waals surface area contributed by atoms with Gasteiger partial charge in [0, 0.05) is 45.9 Å². The number of hydrogen-bond donors (Lipinski definition) is 4. The predicted molar refractivity (Wildman–Crippen MR) is 202 cm³/mol. The number of benzene rings is 2. The highest BCUT2D eigenvalue weighted by atomic mass is 16.3. The van der Waals surface area contributed by atoms with Crippen LogP contribution in [0.25, 0.3) is 0 Å². The first-order chi connectivity index (χ1) is 24.6. The number of carbonyl (C=O) groups is 3. The molecule has 0 saturated heterocycles.